The Balaban J connectivity index is 4.30. The fraction of sp³-hybridized carbons (Fsp3) is 0.945. The highest BCUT2D eigenvalue weighted by molar-refractivity contribution is 5.71. The van der Waals surface area contributed by atoms with E-state index in [-0.39, 0.29) is 31.1 Å². The Labute approximate surface area is 380 Å². The van der Waals surface area contributed by atoms with Crippen LogP contribution >= 0.6 is 0 Å². The molecular formula is C55H106O6. The molecule has 0 aliphatic rings. The van der Waals surface area contributed by atoms with E-state index in [9.17, 15) is 14.4 Å². The highest BCUT2D eigenvalue weighted by atomic mass is 16.6. The van der Waals surface area contributed by atoms with Gasteiger partial charge in [-0.05, 0) is 31.1 Å². The van der Waals surface area contributed by atoms with Crippen LogP contribution in [0.3, 0.4) is 0 Å². The molecule has 0 saturated carbocycles. The quantitative estimate of drug-likeness (QED) is 0.0344. The van der Waals surface area contributed by atoms with Crippen LogP contribution in [0.4, 0.5) is 0 Å². The summed E-state index contributed by atoms with van der Waals surface area (Å²) in [5.41, 5.74) is 0. The molecule has 3 atom stereocenters. The van der Waals surface area contributed by atoms with Crippen molar-refractivity contribution in [1.82, 2.24) is 0 Å². The second kappa shape index (κ2) is 47.9. The van der Waals surface area contributed by atoms with Gasteiger partial charge in [0.2, 0.25) is 0 Å². The molecule has 0 aromatic carbocycles. The molecule has 0 amide bonds. The molecule has 6 nitrogen and oxygen atoms in total. The number of hydrogen-bond donors (Lipinski definition) is 0. The van der Waals surface area contributed by atoms with Gasteiger partial charge in [0.25, 0.3) is 0 Å². The Kier molecular flexibility index (Phi) is 46.6. The third kappa shape index (κ3) is 46.2. The monoisotopic (exact) mass is 863 g/mol. The number of hydrogen-bond acceptors (Lipinski definition) is 6. The summed E-state index contributed by atoms with van der Waals surface area (Å²) in [6.45, 7) is 11.4. The van der Waals surface area contributed by atoms with Gasteiger partial charge in [-0.2, -0.15) is 0 Å². The van der Waals surface area contributed by atoms with Crippen molar-refractivity contribution in [3.05, 3.63) is 0 Å². The van der Waals surface area contributed by atoms with Gasteiger partial charge in [-0.3, -0.25) is 14.4 Å². The Morgan fingerprint density at radius 1 is 0.328 bits per heavy atom. The second-order valence-corrected chi connectivity index (χ2v) is 19.4. The van der Waals surface area contributed by atoms with Gasteiger partial charge in [0.05, 0.1) is 0 Å². The van der Waals surface area contributed by atoms with E-state index in [0.29, 0.717) is 19.3 Å². The standard InChI is InChI=1S/C55H106O6/c1-6-9-10-11-12-13-14-17-21-24-30-35-40-45-53(56)59-48-52(49-60-54(57)46-41-36-31-27-26-29-34-39-44-51(5)8-3)61-55(58)47-42-37-32-25-22-19-16-15-18-20-23-28-33-38-43-50(4)7-2/h50-52H,6-49H2,1-5H3/t50?,51?,52-/m1/s1. The average Bonchev–Trinajstić information content (AvgIpc) is 3.26. The van der Waals surface area contributed by atoms with E-state index < -0.39 is 6.10 Å². The molecule has 0 heterocycles. The SMILES string of the molecule is CCCCCCCCCCCCCCCC(=O)OC[C@H](COC(=O)CCCCCCCCCCC(C)CC)OC(=O)CCCCCCCCCCCCCCCCC(C)CC. The van der Waals surface area contributed by atoms with Crippen molar-refractivity contribution in [3.63, 3.8) is 0 Å². The molecule has 0 spiro atoms. The second-order valence-electron chi connectivity index (χ2n) is 19.4. The molecule has 362 valence electrons. The first-order chi connectivity index (χ1) is 29.8. The lowest BCUT2D eigenvalue weighted by atomic mass is 9.99. The van der Waals surface area contributed by atoms with Crippen molar-refractivity contribution in [2.45, 2.75) is 310 Å². The zero-order valence-electron chi connectivity index (χ0n) is 41.8. The summed E-state index contributed by atoms with van der Waals surface area (Å²) < 4.78 is 16.8. The molecule has 6 heteroatoms. The van der Waals surface area contributed by atoms with E-state index >= 15 is 0 Å². The van der Waals surface area contributed by atoms with Crippen LogP contribution in [0.25, 0.3) is 0 Å². The van der Waals surface area contributed by atoms with Crippen LogP contribution in [0.5, 0.6) is 0 Å². The normalized spacial score (nSPS) is 12.9. The van der Waals surface area contributed by atoms with Gasteiger partial charge in [0.15, 0.2) is 6.10 Å². The first-order valence-electron chi connectivity index (χ1n) is 27.3. The fourth-order valence-electron chi connectivity index (χ4n) is 8.28. The first kappa shape index (κ1) is 59.4. The van der Waals surface area contributed by atoms with E-state index in [4.69, 9.17) is 14.2 Å². The number of unbranched alkanes of at least 4 members (excludes halogenated alkanes) is 32. The Bertz CT molecular complexity index is 935. The van der Waals surface area contributed by atoms with Crippen LogP contribution in [-0.4, -0.2) is 37.2 Å². The van der Waals surface area contributed by atoms with E-state index in [0.717, 1.165) is 69.6 Å². The highest BCUT2D eigenvalue weighted by Gasteiger charge is 2.19. The maximum atomic E-state index is 12.8. The smallest absolute Gasteiger partial charge is 0.306 e. The van der Waals surface area contributed by atoms with Crippen molar-refractivity contribution in [1.29, 1.82) is 0 Å². The van der Waals surface area contributed by atoms with Gasteiger partial charge in [0.1, 0.15) is 13.2 Å². The predicted molar refractivity (Wildman–Crippen MR) is 261 cm³/mol. The lowest BCUT2D eigenvalue weighted by molar-refractivity contribution is -0.167. The van der Waals surface area contributed by atoms with Crippen molar-refractivity contribution in [2.75, 3.05) is 13.2 Å². The molecule has 2 unspecified atom stereocenters. The minimum Gasteiger partial charge on any atom is -0.462 e. The Hall–Kier alpha value is -1.59. The molecule has 0 aliphatic carbocycles. The molecule has 0 radical (unpaired) electrons. The van der Waals surface area contributed by atoms with Gasteiger partial charge in [-0.25, -0.2) is 0 Å². The zero-order chi connectivity index (χ0) is 44.7. The molecule has 0 fully saturated rings. The summed E-state index contributed by atoms with van der Waals surface area (Å²) in [7, 11) is 0. The fourth-order valence-corrected chi connectivity index (χ4v) is 8.28. The third-order valence-corrected chi connectivity index (χ3v) is 13.2. The third-order valence-electron chi connectivity index (χ3n) is 13.2. The van der Waals surface area contributed by atoms with Gasteiger partial charge in [-0.1, -0.05) is 266 Å². The molecule has 61 heavy (non-hydrogen) atoms. The Morgan fingerprint density at radius 2 is 0.574 bits per heavy atom. The van der Waals surface area contributed by atoms with Crippen molar-refractivity contribution < 1.29 is 28.6 Å². The van der Waals surface area contributed by atoms with Gasteiger partial charge < -0.3 is 14.2 Å². The lowest BCUT2D eigenvalue weighted by Crippen LogP contribution is -2.30. The van der Waals surface area contributed by atoms with E-state index in [2.05, 4.69) is 34.6 Å². The molecule has 0 aromatic heterocycles. The summed E-state index contributed by atoms with van der Waals surface area (Å²) in [4.78, 5) is 38.0. The average molecular weight is 863 g/mol. The minimum atomic E-state index is -0.762. The zero-order valence-corrected chi connectivity index (χ0v) is 41.8. The van der Waals surface area contributed by atoms with Gasteiger partial charge in [-0.15, -0.1) is 0 Å². The maximum Gasteiger partial charge on any atom is 0.306 e. The number of carbonyl (C=O) groups excluding carboxylic acids is 3. The number of rotatable bonds is 49. The van der Waals surface area contributed by atoms with Crippen LogP contribution in [0, 0.1) is 11.8 Å². The summed E-state index contributed by atoms with van der Waals surface area (Å²) in [5.74, 6) is 0.897. The topological polar surface area (TPSA) is 78.9 Å². The van der Waals surface area contributed by atoms with E-state index in [1.165, 1.54) is 193 Å². The van der Waals surface area contributed by atoms with E-state index in [1.807, 2.05) is 0 Å². The maximum absolute atomic E-state index is 12.8. The highest BCUT2D eigenvalue weighted by Crippen LogP contribution is 2.18. The van der Waals surface area contributed by atoms with Gasteiger partial charge in [0, 0.05) is 19.3 Å². The van der Waals surface area contributed by atoms with Crippen molar-refractivity contribution in [2.24, 2.45) is 11.8 Å². The van der Waals surface area contributed by atoms with Crippen LogP contribution in [0.15, 0.2) is 0 Å². The Morgan fingerprint density at radius 3 is 0.852 bits per heavy atom. The number of esters is 3. The molecule has 0 rings (SSSR count). The number of ether oxygens (including phenoxy) is 3. The van der Waals surface area contributed by atoms with Crippen LogP contribution in [0.2, 0.25) is 0 Å². The lowest BCUT2D eigenvalue weighted by Gasteiger charge is -2.18. The molecule has 0 saturated heterocycles. The van der Waals surface area contributed by atoms with Gasteiger partial charge >= 0.3 is 17.9 Å². The molecular weight excluding hydrogens is 757 g/mol. The van der Waals surface area contributed by atoms with E-state index in [1.54, 1.807) is 0 Å². The summed E-state index contributed by atoms with van der Waals surface area (Å²) in [5, 5.41) is 0. The first-order valence-corrected chi connectivity index (χ1v) is 27.3. The summed E-state index contributed by atoms with van der Waals surface area (Å²) in [6, 6.07) is 0. The summed E-state index contributed by atoms with van der Waals surface area (Å²) in [6.07, 6.45) is 49.3. The minimum absolute atomic E-state index is 0.0635. The largest absolute Gasteiger partial charge is 0.462 e. The van der Waals surface area contributed by atoms with Crippen molar-refractivity contribution in [3.8, 4) is 0 Å². The number of carbonyl (C=O) groups is 3. The van der Waals surface area contributed by atoms with Crippen LogP contribution in [0.1, 0.15) is 304 Å². The molecule has 0 N–H and O–H groups in total. The van der Waals surface area contributed by atoms with Crippen LogP contribution < -0.4 is 0 Å². The molecule has 0 aliphatic heterocycles. The molecule has 0 aromatic rings. The molecule has 0 bridgehead atoms. The summed E-state index contributed by atoms with van der Waals surface area (Å²) >= 11 is 0. The van der Waals surface area contributed by atoms with Crippen LogP contribution in [-0.2, 0) is 28.6 Å². The van der Waals surface area contributed by atoms with Crippen molar-refractivity contribution >= 4 is 17.9 Å². The predicted octanol–water partition coefficient (Wildman–Crippen LogP) is 17.7.